The van der Waals surface area contributed by atoms with E-state index in [1.165, 1.54) is 14.0 Å². The van der Waals surface area contributed by atoms with Crippen molar-refractivity contribution in [3.05, 3.63) is 35.9 Å². The second-order valence-electron chi connectivity index (χ2n) is 5.28. The van der Waals surface area contributed by atoms with Gasteiger partial charge in [0.05, 0.1) is 7.11 Å². The van der Waals surface area contributed by atoms with Crippen molar-refractivity contribution in [2.75, 3.05) is 13.7 Å². The molecule has 1 atom stereocenters. The van der Waals surface area contributed by atoms with Gasteiger partial charge in [0.1, 0.15) is 18.2 Å². The molecule has 0 bridgehead atoms. The summed E-state index contributed by atoms with van der Waals surface area (Å²) in [7, 11) is 1.21. The van der Waals surface area contributed by atoms with Gasteiger partial charge in [-0.2, -0.15) is 0 Å². The molecule has 1 aromatic carbocycles. The van der Waals surface area contributed by atoms with E-state index in [0.29, 0.717) is 6.42 Å². The Bertz CT molecular complexity index is 586. The first-order chi connectivity index (χ1) is 11.4. The summed E-state index contributed by atoms with van der Waals surface area (Å²) >= 11 is 0. The third-order valence-corrected chi connectivity index (χ3v) is 3.25. The van der Waals surface area contributed by atoms with E-state index < -0.39 is 12.0 Å². The highest BCUT2D eigenvalue weighted by molar-refractivity contribution is 5.95. The molecule has 0 spiro atoms. The number of carbonyl (C=O) groups is 4. The number of benzene rings is 1. The quantitative estimate of drug-likeness (QED) is 0.502. The van der Waals surface area contributed by atoms with Gasteiger partial charge in [0.15, 0.2) is 0 Å². The van der Waals surface area contributed by atoms with Crippen molar-refractivity contribution >= 4 is 23.6 Å². The molecule has 0 saturated heterocycles. The molecule has 0 saturated carbocycles. The summed E-state index contributed by atoms with van der Waals surface area (Å²) in [6.07, 6.45) is 0.0623. The zero-order valence-corrected chi connectivity index (χ0v) is 13.8. The molecule has 0 aromatic heterocycles. The predicted molar refractivity (Wildman–Crippen MR) is 87.0 cm³/mol. The number of hydrogen-bond donors (Lipinski definition) is 2. The fourth-order valence-electron chi connectivity index (χ4n) is 2.07. The van der Waals surface area contributed by atoms with Crippen LogP contribution in [0.5, 0.6) is 0 Å². The van der Waals surface area contributed by atoms with Crippen LogP contribution in [-0.2, 0) is 30.3 Å². The van der Waals surface area contributed by atoms with Gasteiger partial charge in [-0.25, -0.2) is 0 Å². The zero-order chi connectivity index (χ0) is 17.9. The molecule has 7 heteroatoms. The summed E-state index contributed by atoms with van der Waals surface area (Å²) in [6.45, 7) is 1.44. The van der Waals surface area contributed by atoms with E-state index in [2.05, 4.69) is 15.4 Å². The van der Waals surface area contributed by atoms with Crippen molar-refractivity contribution in [1.29, 1.82) is 0 Å². The van der Waals surface area contributed by atoms with Crippen molar-refractivity contribution in [1.82, 2.24) is 10.6 Å². The Balaban J connectivity index is 2.51. The maximum atomic E-state index is 12.2. The van der Waals surface area contributed by atoms with Crippen molar-refractivity contribution in [2.45, 2.75) is 32.2 Å². The van der Waals surface area contributed by atoms with E-state index in [-0.39, 0.29) is 37.0 Å². The van der Waals surface area contributed by atoms with E-state index in [4.69, 9.17) is 0 Å². The SMILES string of the molecule is COC(=O)CC(=O)CCNC(=O)[C@H](Cc1ccccc1)NC(C)=O. The first-order valence-corrected chi connectivity index (χ1v) is 7.59. The zero-order valence-electron chi connectivity index (χ0n) is 13.8. The van der Waals surface area contributed by atoms with Crippen LogP contribution >= 0.6 is 0 Å². The van der Waals surface area contributed by atoms with Gasteiger partial charge in [-0.1, -0.05) is 30.3 Å². The number of rotatable bonds is 9. The highest BCUT2D eigenvalue weighted by Gasteiger charge is 2.20. The predicted octanol–water partition coefficient (Wildman–Crippen LogP) is 0.372. The minimum absolute atomic E-state index is 0.0268. The molecule has 130 valence electrons. The van der Waals surface area contributed by atoms with E-state index in [0.717, 1.165) is 5.56 Å². The lowest BCUT2D eigenvalue weighted by atomic mass is 10.1. The molecule has 7 nitrogen and oxygen atoms in total. The first kappa shape index (κ1) is 19.3. The molecule has 24 heavy (non-hydrogen) atoms. The van der Waals surface area contributed by atoms with Crippen molar-refractivity contribution < 1.29 is 23.9 Å². The molecule has 0 aliphatic carbocycles. The maximum absolute atomic E-state index is 12.2. The maximum Gasteiger partial charge on any atom is 0.313 e. The van der Waals surface area contributed by atoms with Crippen LogP contribution in [-0.4, -0.2) is 43.3 Å². The van der Waals surface area contributed by atoms with Crippen LogP contribution in [0.4, 0.5) is 0 Å². The second kappa shape index (κ2) is 10.1. The highest BCUT2D eigenvalue weighted by atomic mass is 16.5. The van der Waals surface area contributed by atoms with Crippen LogP contribution in [0.25, 0.3) is 0 Å². The van der Waals surface area contributed by atoms with Crippen LogP contribution in [0.3, 0.4) is 0 Å². The van der Waals surface area contributed by atoms with Gasteiger partial charge in [0.25, 0.3) is 0 Å². The number of ketones is 1. The Labute approximate surface area is 140 Å². The minimum Gasteiger partial charge on any atom is -0.469 e. The number of Topliss-reactive ketones (excluding diaryl/α,β-unsaturated/α-hetero) is 1. The van der Waals surface area contributed by atoms with E-state index in [1.54, 1.807) is 0 Å². The number of hydrogen-bond acceptors (Lipinski definition) is 5. The molecule has 0 fully saturated rings. The number of methoxy groups -OCH3 is 1. The average Bonchev–Trinajstić information content (AvgIpc) is 2.54. The van der Waals surface area contributed by atoms with Crippen molar-refractivity contribution in [3.63, 3.8) is 0 Å². The fourth-order valence-corrected chi connectivity index (χ4v) is 2.07. The van der Waals surface area contributed by atoms with Gasteiger partial charge in [-0.05, 0) is 5.56 Å². The number of esters is 1. The summed E-state index contributed by atoms with van der Waals surface area (Å²) in [5.41, 5.74) is 0.910. The Kier molecular flexibility index (Phi) is 8.18. The Morgan fingerprint density at radius 2 is 1.79 bits per heavy atom. The lowest BCUT2D eigenvalue weighted by Crippen LogP contribution is -2.47. The van der Waals surface area contributed by atoms with Gasteiger partial charge in [0.2, 0.25) is 11.8 Å². The molecular weight excluding hydrogens is 312 g/mol. The standard InChI is InChI=1S/C17H22N2O5/c1-12(20)19-15(10-13-6-4-3-5-7-13)17(23)18-9-8-14(21)11-16(22)24-2/h3-7,15H,8-11H2,1-2H3,(H,18,23)(H,19,20)/t15-/m0/s1. The fraction of sp³-hybridized carbons (Fsp3) is 0.412. The van der Waals surface area contributed by atoms with Crippen LogP contribution in [0, 0.1) is 0 Å². The molecule has 0 unspecified atom stereocenters. The minimum atomic E-state index is -0.722. The van der Waals surface area contributed by atoms with Gasteiger partial charge in [-0.15, -0.1) is 0 Å². The van der Waals surface area contributed by atoms with Crippen LogP contribution in [0.2, 0.25) is 0 Å². The Hall–Kier alpha value is -2.70. The van der Waals surface area contributed by atoms with Crippen molar-refractivity contribution in [3.8, 4) is 0 Å². The third kappa shape index (κ3) is 7.53. The average molecular weight is 334 g/mol. The van der Waals surface area contributed by atoms with Gasteiger partial charge < -0.3 is 15.4 Å². The molecule has 0 aliphatic heterocycles. The van der Waals surface area contributed by atoms with Gasteiger partial charge in [0, 0.05) is 26.3 Å². The summed E-state index contributed by atoms with van der Waals surface area (Å²) in [5, 5.41) is 5.20. The number of amides is 2. The Morgan fingerprint density at radius 1 is 1.12 bits per heavy atom. The molecule has 1 aromatic rings. The van der Waals surface area contributed by atoms with Gasteiger partial charge in [-0.3, -0.25) is 19.2 Å². The number of ether oxygens (including phenoxy) is 1. The lowest BCUT2D eigenvalue weighted by Gasteiger charge is -2.17. The summed E-state index contributed by atoms with van der Waals surface area (Å²) in [6, 6.07) is 8.57. The number of nitrogens with one attached hydrogen (secondary N) is 2. The monoisotopic (exact) mass is 334 g/mol. The van der Waals surface area contributed by atoms with Gasteiger partial charge >= 0.3 is 5.97 Å². The number of carbonyl (C=O) groups excluding carboxylic acids is 4. The second-order valence-corrected chi connectivity index (χ2v) is 5.28. The molecule has 0 heterocycles. The topological polar surface area (TPSA) is 102 Å². The largest absolute Gasteiger partial charge is 0.469 e. The van der Waals surface area contributed by atoms with E-state index in [1.807, 2.05) is 30.3 Å². The lowest BCUT2D eigenvalue weighted by molar-refractivity contribution is -0.143. The van der Waals surface area contributed by atoms with Crippen LogP contribution in [0.1, 0.15) is 25.3 Å². The summed E-state index contributed by atoms with van der Waals surface area (Å²) in [5.74, 6) is -1.61. The third-order valence-electron chi connectivity index (χ3n) is 3.25. The molecule has 0 radical (unpaired) electrons. The molecule has 0 aliphatic rings. The highest BCUT2D eigenvalue weighted by Crippen LogP contribution is 2.04. The smallest absolute Gasteiger partial charge is 0.313 e. The van der Waals surface area contributed by atoms with Crippen LogP contribution < -0.4 is 10.6 Å². The molecule has 2 amide bonds. The summed E-state index contributed by atoms with van der Waals surface area (Å²) in [4.78, 5) is 46.0. The van der Waals surface area contributed by atoms with E-state index >= 15 is 0 Å². The van der Waals surface area contributed by atoms with E-state index in [9.17, 15) is 19.2 Å². The van der Waals surface area contributed by atoms with Crippen molar-refractivity contribution in [2.24, 2.45) is 0 Å². The first-order valence-electron chi connectivity index (χ1n) is 7.59. The van der Waals surface area contributed by atoms with Crippen LogP contribution in [0.15, 0.2) is 30.3 Å². The molecular formula is C17H22N2O5. The summed E-state index contributed by atoms with van der Waals surface area (Å²) < 4.78 is 4.40. The Morgan fingerprint density at radius 3 is 2.38 bits per heavy atom. The normalized spacial score (nSPS) is 11.2. The molecule has 1 rings (SSSR count). The molecule has 2 N–H and O–H groups in total.